The molecule has 0 unspecified atom stereocenters. The molecule has 1 aromatic rings. The van der Waals surface area contributed by atoms with Gasteiger partial charge in [-0.25, -0.2) is 0 Å². The van der Waals surface area contributed by atoms with E-state index in [0.717, 1.165) is 47.0 Å². The van der Waals surface area contributed by atoms with E-state index in [1.807, 2.05) is 37.7 Å². The van der Waals surface area contributed by atoms with Crippen molar-refractivity contribution in [3.05, 3.63) is 28.8 Å². The molecule has 0 atom stereocenters. The van der Waals surface area contributed by atoms with Crippen LogP contribution in [-0.4, -0.2) is 23.9 Å². The van der Waals surface area contributed by atoms with E-state index in [9.17, 15) is 0 Å². The van der Waals surface area contributed by atoms with Crippen LogP contribution >= 0.6 is 11.8 Å². The predicted octanol–water partition coefficient (Wildman–Crippen LogP) is 3.11. The van der Waals surface area contributed by atoms with Crippen LogP contribution < -0.4 is 10.5 Å². The number of hydrogen-bond acceptors (Lipinski definition) is 3. The van der Waals surface area contributed by atoms with Gasteiger partial charge in [0.15, 0.2) is 0 Å². The number of aryl methyl sites for hydroxylation is 2. The van der Waals surface area contributed by atoms with E-state index in [1.54, 1.807) is 0 Å². The summed E-state index contributed by atoms with van der Waals surface area (Å²) in [6, 6.07) is 3.82. The number of nitrogen functional groups attached to an aromatic ring is 1. The fraction of sp³-hybridized carbons (Fsp3) is 0.500. The fourth-order valence-electron chi connectivity index (χ4n) is 1.81. The van der Waals surface area contributed by atoms with Gasteiger partial charge in [-0.1, -0.05) is 6.92 Å². The van der Waals surface area contributed by atoms with Crippen LogP contribution in [0.25, 0.3) is 0 Å². The highest BCUT2D eigenvalue weighted by Gasteiger charge is 2.07. The molecule has 0 amide bonds. The van der Waals surface area contributed by atoms with Crippen molar-refractivity contribution >= 4 is 17.6 Å². The normalized spacial score (nSPS) is 10.4. The standard InChI is InChI=1S/C14H22N2OS/c1-4-18-7-5-6-17-13-10(2)8-12(14(15)16)9-11(13)3/h8-9H,4-7H2,1-3H3,(H3,15,16). The lowest BCUT2D eigenvalue weighted by Crippen LogP contribution is -2.12. The van der Waals surface area contributed by atoms with E-state index >= 15 is 0 Å². The lowest BCUT2D eigenvalue weighted by Gasteiger charge is -2.13. The second-order valence-corrected chi connectivity index (χ2v) is 5.65. The molecule has 1 aromatic carbocycles. The van der Waals surface area contributed by atoms with Crippen LogP contribution in [0.2, 0.25) is 0 Å². The maximum absolute atomic E-state index is 7.45. The quantitative estimate of drug-likeness (QED) is 0.453. The molecule has 1 rings (SSSR count). The second kappa shape index (κ2) is 7.31. The Labute approximate surface area is 114 Å². The highest BCUT2D eigenvalue weighted by atomic mass is 32.2. The molecule has 3 nitrogen and oxygen atoms in total. The van der Waals surface area contributed by atoms with Gasteiger partial charge in [0.25, 0.3) is 0 Å². The second-order valence-electron chi connectivity index (χ2n) is 4.25. The van der Waals surface area contributed by atoms with Gasteiger partial charge in [0.2, 0.25) is 0 Å². The molecule has 0 bridgehead atoms. The van der Waals surface area contributed by atoms with E-state index in [0.29, 0.717) is 0 Å². The van der Waals surface area contributed by atoms with Gasteiger partial charge in [-0.05, 0) is 55.0 Å². The summed E-state index contributed by atoms with van der Waals surface area (Å²) in [5.41, 5.74) is 8.35. The third-order valence-electron chi connectivity index (χ3n) is 2.65. The monoisotopic (exact) mass is 266 g/mol. The first-order valence-corrected chi connectivity index (χ1v) is 7.38. The topological polar surface area (TPSA) is 59.1 Å². The van der Waals surface area contributed by atoms with Gasteiger partial charge in [-0.2, -0.15) is 11.8 Å². The van der Waals surface area contributed by atoms with Crippen molar-refractivity contribution < 1.29 is 4.74 Å². The number of nitrogens with one attached hydrogen (secondary N) is 1. The molecule has 0 radical (unpaired) electrons. The first-order chi connectivity index (χ1) is 8.56. The molecule has 100 valence electrons. The van der Waals surface area contributed by atoms with E-state index in [1.165, 1.54) is 0 Å². The molecule has 0 fully saturated rings. The number of benzene rings is 1. The zero-order chi connectivity index (χ0) is 13.5. The van der Waals surface area contributed by atoms with Crippen molar-refractivity contribution in [2.75, 3.05) is 18.1 Å². The summed E-state index contributed by atoms with van der Waals surface area (Å²) in [4.78, 5) is 0. The summed E-state index contributed by atoms with van der Waals surface area (Å²) in [5.74, 6) is 3.33. The highest BCUT2D eigenvalue weighted by Crippen LogP contribution is 2.24. The number of nitrogens with two attached hydrogens (primary N) is 1. The first kappa shape index (κ1) is 14.9. The molecular weight excluding hydrogens is 244 g/mol. The van der Waals surface area contributed by atoms with E-state index in [2.05, 4.69) is 6.92 Å². The van der Waals surface area contributed by atoms with E-state index in [-0.39, 0.29) is 5.84 Å². The summed E-state index contributed by atoms with van der Waals surface area (Å²) in [5, 5.41) is 7.45. The van der Waals surface area contributed by atoms with E-state index in [4.69, 9.17) is 15.9 Å². The summed E-state index contributed by atoms with van der Waals surface area (Å²) in [6.45, 7) is 6.90. The van der Waals surface area contributed by atoms with Crippen molar-refractivity contribution in [3.8, 4) is 5.75 Å². The smallest absolute Gasteiger partial charge is 0.125 e. The Morgan fingerprint density at radius 3 is 2.44 bits per heavy atom. The number of hydrogen-bond donors (Lipinski definition) is 2. The Morgan fingerprint density at radius 1 is 1.33 bits per heavy atom. The van der Waals surface area contributed by atoms with Crippen LogP contribution in [0.15, 0.2) is 12.1 Å². The minimum Gasteiger partial charge on any atom is -0.493 e. The maximum atomic E-state index is 7.45. The minimum atomic E-state index is 0.104. The first-order valence-electron chi connectivity index (χ1n) is 6.22. The van der Waals surface area contributed by atoms with Crippen LogP contribution in [0.5, 0.6) is 5.75 Å². The SMILES string of the molecule is CCSCCCOc1c(C)cc(C(=N)N)cc1C. The van der Waals surface area contributed by atoms with Gasteiger partial charge >= 0.3 is 0 Å². The van der Waals surface area contributed by atoms with Gasteiger partial charge in [0, 0.05) is 5.56 Å². The van der Waals surface area contributed by atoms with Crippen molar-refractivity contribution in [1.29, 1.82) is 5.41 Å². The largest absolute Gasteiger partial charge is 0.493 e. The fourth-order valence-corrected chi connectivity index (χ4v) is 2.42. The Hall–Kier alpha value is -1.16. The Balaban J connectivity index is 2.63. The zero-order valence-electron chi connectivity index (χ0n) is 11.4. The minimum absolute atomic E-state index is 0.104. The van der Waals surface area contributed by atoms with Crippen LogP contribution in [-0.2, 0) is 0 Å². The molecule has 0 saturated carbocycles. The van der Waals surface area contributed by atoms with Crippen LogP contribution in [0.1, 0.15) is 30.0 Å². The number of thioether (sulfide) groups is 1. The molecule has 3 N–H and O–H groups in total. The van der Waals surface area contributed by atoms with Gasteiger partial charge in [0.1, 0.15) is 11.6 Å². The Morgan fingerprint density at radius 2 is 1.94 bits per heavy atom. The summed E-state index contributed by atoms with van der Waals surface area (Å²) >= 11 is 1.93. The molecule has 0 aliphatic heterocycles. The summed E-state index contributed by atoms with van der Waals surface area (Å²) in [7, 11) is 0. The Bertz CT molecular complexity index is 395. The van der Waals surface area contributed by atoms with Crippen LogP contribution in [0.4, 0.5) is 0 Å². The molecular formula is C14H22N2OS. The van der Waals surface area contributed by atoms with Gasteiger partial charge in [-0.15, -0.1) is 0 Å². The van der Waals surface area contributed by atoms with Gasteiger partial charge in [0.05, 0.1) is 6.61 Å². The third-order valence-corrected chi connectivity index (χ3v) is 3.64. The number of rotatable bonds is 7. The van der Waals surface area contributed by atoms with Crippen LogP contribution in [0, 0.1) is 19.3 Å². The zero-order valence-corrected chi connectivity index (χ0v) is 12.2. The molecule has 0 aliphatic rings. The van der Waals surface area contributed by atoms with Gasteiger partial charge in [-0.3, -0.25) is 5.41 Å². The average molecular weight is 266 g/mol. The lowest BCUT2D eigenvalue weighted by molar-refractivity contribution is 0.314. The van der Waals surface area contributed by atoms with Crippen molar-refractivity contribution in [3.63, 3.8) is 0 Å². The predicted molar refractivity (Wildman–Crippen MR) is 80.0 cm³/mol. The molecule has 0 spiro atoms. The molecule has 0 aliphatic carbocycles. The molecule has 4 heteroatoms. The third kappa shape index (κ3) is 4.26. The average Bonchev–Trinajstić information content (AvgIpc) is 2.31. The lowest BCUT2D eigenvalue weighted by atomic mass is 10.1. The molecule has 0 heterocycles. The van der Waals surface area contributed by atoms with Crippen LogP contribution in [0.3, 0.4) is 0 Å². The molecule has 0 aromatic heterocycles. The summed E-state index contributed by atoms with van der Waals surface area (Å²) in [6.07, 6.45) is 1.06. The molecule has 0 saturated heterocycles. The van der Waals surface area contributed by atoms with Crippen molar-refractivity contribution in [2.24, 2.45) is 5.73 Å². The molecule has 18 heavy (non-hydrogen) atoms. The highest BCUT2D eigenvalue weighted by molar-refractivity contribution is 7.99. The summed E-state index contributed by atoms with van der Waals surface area (Å²) < 4.78 is 5.82. The number of amidine groups is 1. The van der Waals surface area contributed by atoms with Gasteiger partial charge < -0.3 is 10.5 Å². The van der Waals surface area contributed by atoms with Crippen molar-refractivity contribution in [1.82, 2.24) is 0 Å². The van der Waals surface area contributed by atoms with Crippen molar-refractivity contribution in [2.45, 2.75) is 27.2 Å². The van der Waals surface area contributed by atoms with E-state index < -0.39 is 0 Å². The Kier molecular flexibility index (Phi) is 6.05. The maximum Gasteiger partial charge on any atom is 0.125 e. The number of ether oxygens (including phenoxy) is 1.